The van der Waals surface area contributed by atoms with Gasteiger partial charge >= 0.3 is 0 Å². The maximum Gasteiger partial charge on any atom is 0.0907 e. The Morgan fingerprint density at radius 2 is 2.29 bits per heavy atom. The Morgan fingerprint density at radius 1 is 1.53 bits per heavy atom. The number of pyridine rings is 1. The van der Waals surface area contributed by atoms with Crippen LogP contribution in [-0.2, 0) is 7.05 Å². The highest BCUT2D eigenvalue weighted by Gasteiger charge is 2.21. The van der Waals surface area contributed by atoms with Gasteiger partial charge in [-0.25, -0.2) is 5.43 Å². The highest BCUT2D eigenvalue weighted by molar-refractivity contribution is 9.10. The molecule has 1 unspecified atom stereocenters. The summed E-state index contributed by atoms with van der Waals surface area (Å²) in [5.41, 5.74) is 5.78. The number of aromatic nitrogens is 3. The second-order valence-corrected chi connectivity index (χ2v) is 4.63. The topological polar surface area (TPSA) is 68.8 Å². The van der Waals surface area contributed by atoms with Gasteiger partial charge < -0.3 is 0 Å². The molecule has 0 saturated carbocycles. The van der Waals surface area contributed by atoms with E-state index >= 15 is 0 Å². The van der Waals surface area contributed by atoms with E-state index in [1.165, 1.54) is 0 Å². The minimum atomic E-state index is -0.134. The first kappa shape index (κ1) is 12.2. The molecule has 0 saturated heterocycles. The fraction of sp³-hybridized carbons (Fsp3) is 0.273. The van der Waals surface area contributed by atoms with E-state index in [9.17, 15) is 0 Å². The Hall–Kier alpha value is -1.24. The highest BCUT2D eigenvalue weighted by atomic mass is 79.9. The Balaban J connectivity index is 2.52. The van der Waals surface area contributed by atoms with Gasteiger partial charge in [0.1, 0.15) is 0 Å². The van der Waals surface area contributed by atoms with Gasteiger partial charge in [-0.2, -0.15) is 5.10 Å². The van der Waals surface area contributed by atoms with Crippen molar-refractivity contribution in [1.82, 2.24) is 20.2 Å². The first-order valence-corrected chi connectivity index (χ1v) is 5.99. The minimum absolute atomic E-state index is 0.134. The number of hydrogen-bond donors (Lipinski definition) is 2. The predicted octanol–water partition coefficient (Wildman–Crippen LogP) is 1.44. The molecule has 90 valence electrons. The molecule has 0 aliphatic rings. The molecule has 1 atom stereocenters. The van der Waals surface area contributed by atoms with Crippen molar-refractivity contribution >= 4 is 15.9 Å². The van der Waals surface area contributed by atoms with Crippen LogP contribution in [0, 0.1) is 6.92 Å². The molecule has 0 bridgehead atoms. The van der Waals surface area contributed by atoms with E-state index in [0.29, 0.717) is 0 Å². The van der Waals surface area contributed by atoms with Crippen LogP contribution in [0.5, 0.6) is 0 Å². The average molecular weight is 296 g/mol. The normalized spacial score (nSPS) is 12.7. The van der Waals surface area contributed by atoms with Gasteiger partial charge in [-0.15, -0.1) is 0 Å². The summed E-state index contributed by atoms with van der Waals surface area (Å²) >= 11 is 3.48. The second-order valence-electron chi connectivity index (χ2n) is 3.78. The van der Waals surface area contributed by atoms with Gasteiger partial charge in [-0.1, -0.05) is 6.07 Å². The van der Waals surface area contributed by atoms with E-state index in [1.807, 2.05) is 26.1 Å². The van der Waals surface area contributed by atoms with E-state index in [4.69, 9.17) is 5.84 Å². The molecule has 5 nitrogen and oxygen atoms in total. The molecule has 0 aliphatic heterocycles. The van der Waals surface area contributed by atoms with Crippen LogP contribution in [0.1, 0.15) is 23.0 Å². The Bertz CT molecular complexity index is 503. The molecular formula is C11H14BrN5. The molecule has 0 amide bonds. The van der Waals surface area contributed by atoms with Gasteiger partial charge in [0.25, 0.3) is 0 Å². The third kappa shape index (κ3) is 2.24. The summed E-state index contributed by atoms with van der Waals surface area (Å²) in [5, 5.41) is 4.19. The van der Waals surface area contributed by atoms with Crippen molar-refractivity contribution in [1.29, 1.82) is 0 Å². The van der Waals surface area contributed by atoms with Crippen molar-refractivity contribution in [2.45, 2.75) is 13.0 Å². The third-order valence-electron chi connectivity index (χ3n) is 2.74. The zero-order chi connectivity index (χ0) is 12.4. The molecule has 0 radical (unpaired) electrons. The van der Waals surface area contributed by atoms with E-state index in [1.54, 1.807) is 17.1 Å². The van der Waals surface area contributed by atoms with Gasteiger partial charge in [0.15, 0.2) is 0 Å². The second kappa shape index (κ2) is 4.95. The Labute approximate surface area is 108 Å². The lowest BCUT2D eigenvalue weighted by atomic mass is 10.0. The lowest BCUT2D eigenvalue weighted by Crippen LogP contribution is -2.31. The quantitative estimate of drug-likeness (QED) is 0.664. The SMILES string of the molecule is Cc1ncccc1C(NN)c1c(Br)cnn1C. The summed E-state index contributed by atoms with van der Waals surface area (Å²) < 4.78 is 2.72. The molecule has 2 aromatic heterocycles. The zero-order valence-corrected chi connectivity index (χ0v) is 11.3. The number of nitrogens with two attached hydrogens (primary N) is 1. The van der Waals surface area contributed by atoms with Crippen LogP contribution in [0.3, 0.4) is 0 Å². The smallest absolute Gasteiger partial charge is 0.0907 e. The van der Waals surface area contributed by atoms with Crippen LogP contribution >= 0.6 is 15.9 Å². The van der Waals surface area contributed by atoms with Gasteiger partial charge in [-0.05, 0) is 34.5 Å². The molecule has 0 fully saturated rings. The van der Waals surface area contributed by atoms with E-state index in [2.05, 4.69) is 31.4 Å². The third-order valence-corrected chi connectivity index (χ3v) is 3.35. The molecule has 6 heteroatoms. The van der Waals surface area contributed by atoms with Crippen LogP contribution in [-0.4, -0.2) is 14.8 Å². The summed E-state index contributed by atoms with van der Waals surface area (Å²) in [7, 11) is 1.89. The monoisotopic (exact) mass is 295 g/mol. The van der Waals surface area contributed by atoms with Crippen LogP contribution in [0.15, 0.2) is 29.0 Å². The van der Waals surface area contributed by atoms with Crippen LogP contribution in [0.4, 0.5) is 0 Å². The predicted molar refractivity (Wildman–Crippen MR) is 69.0 cm³/mol. The fourth-order valence-electron chi connectivity index (χ4n) is 1.86. The number of nitrogens with zero attached hydrogens (tertiary/aromatic N) is 3. The summed E-state index contributed by atoms with van der Waals surface area (Å²) in [6.45, 7) is 1.96. The largest absolute Gasteiger partial charge is 0.271 e. The van der Waals surface area contributed by atoms with E-state index in [0.717, 1.165) is 21.4 Å². The van der Waals surface area contributed by atoms with Crippen molar-refractivity contribution < 1.29 is 0 Å². The van der Waals surface area contributed by atoms with Gasteiger partial charge in [-0.3, -0.25) is 15.5 Å². The maximum atomic E-state index is 5.66. The summed E-state index contributed by atoms with van der Waals surface area (Å²) in [4.78, 5) is 4.28. The lowest BCUT2D eigenvalue weighted by molar-refractivity contribution is 0.569. The van der Waals surface area contributed by atoms with Crippen LogP contribution in [0.25, 0.3) is 0 Å². The number of hydrogen-bond acceptors (Lipinski definition) is 4. The molecule has 3 N–H and O–H groups in total. The summed E-state index contributed by atoms with van der Waals surface area (Å²) in [6.07, 6.45) is 3.52. The van der Waals surface area contributed by atoms with Crippen molar-refractivity contribution in [3.63, 3.8) is 0 Å². The van der Waals surface area contributed by atoms with Crippen molar-refractivity contribution in [2.75, 3.05) is 0 Å². The summed E-state index contributed by atoms with van der Waals surface area (Å²) in [6, 6.07) is 3.77. The van der Waals surface area contributed by atoms with Crippen LogP contribution in [0.2, 0.25) is 0 Å². The minimum Gasteiger partial charge on any atom is -0.271 e. The maximum absolute atomic E-state index is 5.66. The van der Waals surface area contributed by atoms with Crippen LogP contribution < -0.4 is 11.3 Å². The van der Waals surface area contributed by atoms with Gasteiger partial charge in [0.05, 0.1) is 22.4 Å². The van der Waals surface area contributed by atoms with Gasteiger partial charge in [0.2, 0.25) is 0 Å². The molecule has 2 heterocycles. The molecule has 17 heavy (non-hydrogen) atoms. The summed E-state index contributed by atoms with van der Waals surface area (Å²) in [5.74, 6) is 5.66. The number of rotatable bonds is 3. The number of aryl methyl sites for hydroxylation is 2. The average Bonchev–Trinajstić information content (AvgIpc) is 2.64. The number of nitrogens with one attached hydrogen (secondary N) is 1. The van der Waals surface area contributed by atoms with Crippen molar-refractivity contribution in [3.8, 4) is 0 Å². The first-order chi connectivity index (χ1) is 8.15. The number of halogens is 1. The van der Waals surface area contributed by atoms with Gasteiger partial charge in [0, 0.05) is 18.9 Å². The number of hydrazine groups is 1. The van der Waals surface area contributed by atoms with E-state index in [-0.39, 0.29) is 6.04 Å². The molecule has 2 rings (SSSR count). The molecule has 0 spiro atoms. The van der Waals surface area contributed by atoms with Crippen molar-refractivity contribution in [2.24, 2.45) is 12.9 Å². The fourth-order valence-corrected chi connectivity index (χ4v) is 2.44. The lowest BCUT2D eigenvalue weighted by Gasteiger charge is -2.18. The molecule has 0 aromatic carbocycles. The Morgan fingerprint density at radius 3 is 2.82 bits per heavy atom. The highest BCUT2D eigenvalue weighted by Crippen LogP contribution is 2.28. The molecule has 2 aromatic rings. The Kier molecular flexibility index (Phi) is 3.56. The zero-order valence-electron chi connectivity index (χ0n) is 9.68. The first-order valence-electron chi connectivity index (χ1n) is 5.20. The standard InChI is InChI=1S/C11H14BrN5/c1-7-8(4-3-5-14-7)10(16-13)11-9(12)6-15-17(11)2/h3-6,10,16H,13H2,1-2H3. The molecular weight excluding hydrogens is 282 g/mol. The molecule has 0 aliphatic carbocycles. The van der Waals surface area contributed by atoms with Crippen molar-refractivity contribution in [3.05, 3.63) is 46.0 Å². The van der Waals surface area contributed by atoms with E-state index < -0.39 is 0 Å².